The molecule has 1 aromatic carbocycles. The van der Waals surface area contributed by atoms with Crippen LogP contribution in [-0.2, 0) is 15.7 Å². The van der Waals surface area contributed by atoms with Gasteiger partial charge in [0.15, 0.2) is 0 Å². The third-order valence-electron chi connectivity index (χ3n) is 2.31. The molecule has 1 atom stereocenters. The Morgan fingerprint density at radius 2 is 2.16 bits per heavy atom. The Labute approximate surface area is 113 Å². The predicted molar refractivity (Wildman–Crippen MR) is 66.1 cm³/mol. The molecule has 3 nitrogen and oxygen atoms in total. The van der Waals surface area contributed by atoms with Gasteiger partial charge in [0.05, 0.1) is 23.4 Å². The molecule has 1 unspecified atom stereocenters. The van der Waals surface area contributed by atoms with Crippen LogP contribution in [0.15, 0.2) is 30.9 Å². The lowest BCUT2D eigenvalue weighted by atomic mass is 10.1. The van der Waals surface area contributed by atoms with Gasteiger partial charge in [-0.1, -0.05) is 23.7 Å². The summed E-state index contributed by atoms with van der Waals surface area (Å²) in [4.78, 5) is 11.3. The predicted octanol–water partition coefficient (Wildman–Crippen LogP) is 3.50. The van der Waals surface area contributed by atoms with E-state index in [1.165, 1.54) is 12.1 Å². The van der Waals surface area contributed by atoms with Crippen LogP contribution in [-0.4, -0.2) is 19.1 Å². The van der Waals surface area contributed by atoms with Gasteiger partial charge in [0.1, 0.15) is 6.04 Å². The van der Waals surface area contributed by atoms with Crippen molar-refractivity contribution < 1.29 is 22.7 Å². The van der Waals surface area contributed by atoms with Crippen LogP contribution < -0.4 is 5.32 Å². The Kier molecular flexibility index (Phi) is 4.83. The SMILES string of the molecule is C=CC(Nc1c(Cl)cccc1C(F)(F)F)C(=O)OC. The van der Waals surface area contributed by atoms with Crippen molar-refractivity contribution in [2.75, 3.05) is 12.4 Å². The van der Waals surface area contributed by atoms with Crippen molar-refractivity contribution in [2.45, 2.75) is 12.2 Å². The molecule has 0 aromatic heterocycles. The highest BCUT2D eigenvalue weighted by molar-refractivity contribution is 6.33. The van der Waals surface area contributed by atoms with Crippen LogP contribution in [0.3, 0.4) is 0 Å². The topological polar surface area (TPSA) is 38.3 Å². The second-order valence-electron chi connectivity index (χ2n) is 3.54. The van der Waals surface area contributed by atoms with Gasteiger partial charge < -0.3 is 10.1 Å². The summed E-state index contributed by atoms with van der Waals surface area (Å²) in [6.45, 7) is 3.36. The first-order chi connectivity index (χ1) is 8.81. The average molecular weight is 294 g/mol. The zero-order chi connectivity index (χ0) is 14.6. The van der Waals surface area contributed by atoms with E-state index in [0.717, 1.165) is 19.3 Å². The number of anilines is 1. The summed E-state index contributed by atoms with van der Waals surface area (Å²) in [5.74, 6) is -0.761. The molecule has 104 valence electrons. The number of alkyl halides is 3. The maximum atomic E-state index is 12.8. The Balaban J connectivity index is 3.19. The zero-order valence-corrected chi connectivity index (χ0v) is 10.7. The number of ether oxygens (including phenoxy) is 1. The molecule has 0 saturated heterocycles. The monoisotopic (exact) mass is 293 g/mol. The number of hydrogen-bond donors (Lipinski definition) is 1. The van der Waals surface area contributed by atoms with Gasteiger partial charge in [-0.3, -0.25) is 0 Å². The van der Waals surface area contributed by atoms with Gasteiger partial charge in [0.25, 0.3) is 0 Å². The molecule has 0 amide bonds. The summed E-state index contributed by atoms with van der Waals surface area (Å²) in [7, 11) is 1.12. The minimum absolute atomic E-state index is 0.148. The van der Waals surface area contributed by atoms with Gasteiger partial charge in [-0.25, -0.2) is 4.79 Å². The van der Waals surface area contributed by atoms with Crippen LogP contribution >= 0.6 is 11.6 Å². The first-order valence-corrected chi connectivity index (χ1v) is 5.51. The zero-order valence-electron chi connectivity index (χ0n) is 9.92. The number of nitrogens with one attached hydrogen (secondary N) is 1. The lowest BCUT2D eigenvalue weighted by molar-refractivity contribution is -0.141. The van der Waals surface area contributed by atoms with Crippen molar-refractivity contribution >= 4 is 23.3 Å². The van der Waals surface area contributed by atoms with E-state index in [1.807, 2.05) is 0 Å². The number of benzene rings is 1. The number of halogens is 4. The second-order valence-corrected chi connectivity index (χ2v) is 3.95. The molecule has 0 fully saturated rings. The molecule has 0 aliphatic heterocycles. The van der Waals surface area contributed by atoms with Gasteiger partial charge in [0, 0.05) is 0 Å². The molecule has 0 radical (unpaired) electrons. The highest BCUT2D eigenvalue weighted by atomic mass is 35.5. The molecule has 19 heavy (non-hydrogen) atoms. The van der Waals surface area contributed by atoms with E-state index in [9.17, 15) is 18.0 Å². The molecular weight excluding hydrogens is 283 g/mol. The van der Waals surface area contributed by atoms with Gasteiger partial charge in [-0.15, -0.1) is 6.58 Å². The maximum absolute atomic E-state index is 12.8. The number of esters is 1. The van der Waals surface area contributed by atoms with Crippen molar-refractivity contribution in [3.05, 3.63) is 41.4 Å². The van der Waals surface area contributed by atoms with Gasteiger partial charge in [-0.05, 0) is 12.1 Å². The smallest absolute Gasteiger partial charge is 0.418 e. The number of methoxy groups -OCH3 is 1. The number of carbonyl (C=O) groups is 1. The quantitative estimate of drug-likeness (QED) is 0.682. The van der Waals surface area contributed by atoms with Crippen LogP contribution in [0.5, 0.6) is 0 Å². The molecule has 1 aromatic rings. The van der Waals surface area contributed by atoms with E-state index in [-0.39, 0.29) is 10.7 Å². The van der Waals surface area contributed by atoms with Crippen molar-refractivity contribution in [1.82, 2.24) is 0 Å². The Bertz CT molecular complexity index is 488. The summed E-state index contributed by atoms with van der Waals surface area (Å²) < 4.78 is 42.9. The Hall–Kier alpha value is -1.69. The van der Waals surface area contributed by atoms with Crippen molar-refractivity contribution in [2.24, 2.45) is 0 Å². The van der Waals surface area contributed by atoms with E-state index in [0.29, 0.717) is 0 Å². The lowest BCUT2D eigenvalue weighted by Gasteiger charge is -2.19. The summed E-state index contributed by atoms with van der Waals surface area (Å²) in [5.41, 5.74) is -1.34. The number of hydrogen-bond acceptors (Lipinski definition) is 3. The van der Waals surface area contributed by atoms with E-state index in [2.05, 4.69) is 16.6 Å². The molecule has 0 heterocycles. The molecule has 0 aliphatic carbocycles. The average Bonchev–Trinajstić information content (AvgIpc) is 2.35. The fourth-order valence-electron chi connectivity index (χ4n) is 1.40. The van der Waals surface area contributed by atoms with Crippen molar-refractivity contribution in [3.63, 3.8) is 0 Å². The number of rotatable bonds is 4. The van der Waals surface area contributed by atoms with Crippen LogP contribution in [0.4, 0.5) is 18.9 Å². The van der Waals surface area contributed by atoms with E-state index >= 15 is 0 Å². The van der Waals surface area contributed by atoms with Crippen molar-refractivity contribution in [3.8, 4) is 0 Å². The maximum Gasteiger partial charge on any atom is 0.418 e. The molecule has 0 aliphatic rings. The normalized spacial score (nSPS) is 12.7. The highest BCUT2D eigenvalue weighted by Gasteiger charge is 2.35. The standard InChI is InChI=1S/C12H11ClF3NO2/c1-3-9(11(18)19-2)17-10-7(12(14,15)16)5-4-6-8(10)13/h3-6,9,17H,1H2,2H3. The van der Waals surface area contributed by atoms with Crippen LogP contribution in [0.1, 0.15) is 5.56 Å². The summed E-state index contributed by atoms with van der Waals surface area (Å²) in [6.07, 6.45) is -3.45. The lowest BCUT2D eigenvalue weighted by Crippen LogP contribution is -2.29. The molecule has 1 rings (SSSR count). The Morgan fingerprint density at radius 3 is 2.63 bits per heavy atom. The minimum Gasteiger partial charge on any atom is -0.467 e. The summed E-state index contributed by atoms with van der Waals surface area (Å²) in [5, 5.41) is 2.23. The second kappa shape index (κ2) is 5.97. The molecule has 0 bridgehead atoms. The van der Waals surface area contributed by atoms with Crippen LogP contribution in [0.2, 0.25) is 5.02 Å². The summed E-state index contributed by atoms with van der Waals surface area (Å²) in [6, 6.07) is 2.21. The van der Waals surface area contributed by atoms with E-state index in [4.69, 9.17) is 11.6 Å². The van der Waals surface area contributed by atoms with Crippen LogP contribution in [0.25, 0.3) is 0 Å². The third kappa shape index (κ3) is 3.64. The van der Waals surface area contributed by atoms with Gasteiger partial charge in [-0.2, -0.15) is 13.2 Å². The number of para-hydroxylation sites is 1. The first kappa shape index (κ1) is 15.4. The van der Waals surface area contributed by atoms with Gasteiger partial charge >= 0.3 is 12.1 Å². The molecule has 7 heteroatoms. The highest BCUT2D eigenvalue weighted by Crippen LogP contribution is 2.38. The largest absolute Gasteiger partial charge is 0.467 e. The van der Waals surface area contributed by atoms with E-state index < -0.39 is 23.8 Å². The molecule has 0 spiro atoms. The van der Waals surface area contributed by atoms with Crippen LogP contribution in [0, 0.1) is 0 Å². The Morgan fingerprint density at radius 1 is 1.53 bits per heavy atom. The van der Waals surface area contributed by atoms with Gasteiger partial charge in [0.2, 0.25) is 0 Å². The number of carbonyl (C=O) groups excluding carboxylic acids is 1. The fourth-order valence-corrected chi connectivity index (χ4v) is 1.63. The minimum atomic E-state index is -4.59. The molecule has 0 saturated carbocycles. The van der Waals surface area contributed by atoms with Crippen molar-refractivity contribution in [1.29, 1.82) is 0 Å². The summed E-state index contributed by atoms with van der Waals surface area (Å²) >= 11 is 5.74. The molecule has 1 N–H and O–H groups in total. The fraction of sp³-hybridized carbons (Fsp3) is 0.250. The first-order valence-electron chi connectivity index (χ1n) is 5.14. The third-order valence-corrected chi connectivity index (χ3v) is 2.62. The van der Waals surface area contributed by atoms with E-state index in [1.54, 1.807) is 0 Å². The molecular formula is C12H11ClF3NO2.